The number of aromatic nitrogens is 1. The SMILES string of the molecule is Cc1cc(CN2CCN(C(=S)NCc3ccc4c(c3)OCO4)CC2)no1. The van der Waals surface area contributed by atoms with Gasteiger partial charge in [0, 0.05) is 45.3 Å². The summed E-state index contributed by atoms with van der Waals surface area (Å²) in [5.74, 6) is 2.45. The first-order valence-corrected chi connectivity index (χ1v) is 9.14. The van der Waals surface area contributed by atoms with E-state index in [4.69, 9.17) is 26.2 Å². The topological polar surface area (TPSA) is 63.0 Å². The summed E-state index contributed by atoms with van der Waals surface area (Å²) in [5, 5.41) is 8.20. The molecule has 2 aromatic rings. The van der Waals surface area contributed by atoms with Crippen molar-refractivity contribution in [1.82, 2.24) is 20.3 Å². The van der Waals surface area contributed by atoms with Gasteiger partial charge in [0.25, 0.3) is 0 Å². The number of hydrogen-bond acceptors (Lipinski definition) is 6. The minimum Gasteiger partial charge on any atom is -0.454 e. The molecule has 2 aliphatic rings. The van der Waals surface area contributed by atoms with Crippen molar-refractivity contribution in [3.05, 3.63) is 41.3 Å². The highest BCUT2D eigenvalue weighted by atomic mass is 32.1. The van der Waals surface area contributed by atoms with Gasteiger partial charge in [0.15, 0.2) is 16.6 Å². The third-order valence-electron chi connectivity index (χ3n) is 4.60. The molecule has 8 heteroatoms. The highest BCUT2D eigenvalue weighted by molar-refractivity contribution is 7.80. The fourth-order valence-corrected chi connectivity index (χ4v) is 3.43. The predicted octanol–water partition coefficient (Wildman–Crippen LogP) is 1.90. The zero-order valence-electron chi connectivity index (χ0n) is 14.7. The van der Waals surface area contributed by atoms with Crippen LogP contribution < -0.4 is 14.8 Å². The molecule has 138 valence electrons. The van der Waals surface area contributed by atoms with Gasteiger partial charge in [-0.3, -0.25) is 4.90 Å². The minimum atomic E-state index is 0.294. The summed E-state index contributed by atoms with van der Waals surface area (Å²) in [6, 6.07) is 7.95. The molecule has 1 aromatic carbocycles. The predicted molar refractivity (Wildman–Crippen MR) is 100 cm³/mol. The molecule has 3 heterocycles. The fraction of sp³-hybridized carbons (Fsp3) is 0.444. The molecular weight excluding hydrogens is 352 g/mol. The fourth-order valence-electron chi connectivity index (χ4n) is 3.17. The summed E-state index contributed by atoms with van der Waals surface area (Å²) in [5.41, 5.74) is 2.11. The van der Waals surface area contributed by atoms with Crippen LogP contribution in [0.4, 0.5) is 0 Å². The van der Waals surface area contributed by atoms with E-state index in [2.05, 4.69) is 20.3 Å². The molecule has 0 spiro atoms. The van der Waals surface area contributed by atoms with Crippen LogP contribution in [0.2, 0.25) is 0 Å². The molecule has 0 atom stereocenters. The Bertz CT molecular complexity index is 786. The zero-order valence-corrected chi connectivity index (χ0v) is 15.6. The van der Waals surface area contributed by atoms with E-state index in [-0.39, 0.29) is 0 Å². The van der Waals surface area contributed by atoms with Gasteiger partial charge in [0.1, 0.15) is 5.76 Å². The van der Waals surface area contributed by atoms with Gasteiger partial charge in [-0.2, -0.15) is 0 Å². The summed E-state index contributed by atoms with van der Waals surface area (Å²) >= 11 is 5.56. The maximum atomic E-state index is 5.56. The number of thiocarbonyl (C=S) groups is 1. The van der Waals surface area contributed by atoms with Crippen molar-refractivity contribution in [1.29, 1.82) is 0 Å². The molecule has 1 saturated heterocycles. The van der Waals surface area contributed by atoms with E-state index in [9.17, 15) is 0 Å². The van der Waals surface area contributed by atoms with Gasteiger partial charge in [-0.25, -0.2) is 0 Å². The maximum Gasteiger partial charge on any atom is 0.231 e. The van der Waals surface area contributed by atoms with E-state index in [1.807, 2.05) is 31.2 Å². The van der Waals surface area contributed by atoms with Gasteiger partial charge in [-0.1, -0.05) is 11.2 Å². The number of piperazine rings is 1. The largest absolute Gasteiger partial charge is 0.454 e. The molecule has 2 aliphatic heterocycles. The lowest BCUT2D eigenvalue weighted by atomic mass is 10.2. The Morgan fingerprint density at radius 2 is 1.96 bits per heavy atom. The van der Waals surface area contributed by atoms with E-state index in [0.29, 0.717) is 13.3 Å². The van der Waals surface area contributed by atoms with E-state index >= 15 is 0 Å². The summed E-state index contributed by atoms with van der Waals surface area (Å²) in [6.07, 6.45) is 0. The molecule has 1 N–H and O–H groups in total. The maximum absolute atomic E-state index is 5.56. The average Bonchev–Trinajstić information content (AvgIpc) is 3.28. The first kappa shape index (κ1) is 17.1. The van der Waals surface area contributed by atoms with E-state index in [0.717, 1.165) is 66.4 Å². The number of hydrogen-bond donors (Lipinski definition) is 1. The van der Waals surface area contributed by atoms with E-state index in [1.54, 1.807) is 0 Å². The molecular formula is C18H22N4O3S. The van der Waals surface area contributed by atoms with Crippen molar-refractivity contribution in [3.8, 4) is 11.5 Å². The third kappa shape index (κ3) is 3.91. The van der Waals surface area contributed by atoms with Gasteiger partial charge in [0.2, 0.25) is 6.79 Å². The Kier molecular flexibility index (Phi) is 4.94. The van der Waals surface area contributed by atoms with Crippen LogP contribution in [-0.2, 0) is 13.1 Å². The van der Waals surface area contributed by atoms with Crippen LogP contribution in [0.25, 0.3) is 0 Å². The van der Waals surface area contributed by atoms with Gasteiger partial charge >= 0.3 is 0 Å². The van der Waals surface area contributed by atoms with Crippen LogP contribution in [-0.4, -0.2) is 53.0 Å². The minimum absolute atomic E-state index is 0.294. The van der Waals surface area contributed by atoms with E-state index < -0.39 is 0 Å². The summed E-state index contributed by atoms with van der Waals surface area (Å²) in [6.45, 7) is 7.43. The standard InChI is InChI=1S/C18H22N4O3S/c1-13-8-15(20-25-13)11-21-4-6-22(7-5-21)18(26)19-10-14-2-3-16-17(9-14)24-12-23-16/h2-3,8-9H,4-7,10-12H2,1H3,(H,19,26). The number of nitrogens with zero attached hydrogens (tertiary/aromatic N) is 3. The van der Waals surface area contributed by atoms with Crippen LogP contribution in [0.1, 0.15) is 17.0 Å². The van der Waals surface area contributed by atoms with Crippen molar-refractivity contribution >= 4 is 17.3 Å². The Morgan fingerprint density at radius 3 is 2.73 bits per heavy atom. The Hall–Kier alpha value is -2.32. The van der Waals surface area contributed by atoms with Crippen molar-refractivity contribution in [2.45, 2.75) is 20.0 Å². The van der Waals surface area contributed by atoms with Crippen LogP contribution in [0.3, 0.4) is 0 Å². The quantitative estimate of drug-likeness (QED) is 0.815. The second-order valence-corrected chi connectivity index (χ2v) is 6.93. The number of fused-ring (bicyclic) bond motifs is 1. The molecule has 1 fully saturated rings. The van der Waals surface area contributed by atoms with Crippen molar-refractivity contribution in [2.75, 3.05) is 33.0 Å². The molecule has 0 unspecified atom stereocenters. The molecule has 0 amide bonds. The lowest BCUT2D eigenvalue weighted by Crippen LogP contribution is -2.51. The molecule has 0 bridgehead atoms. The van der Waals surface area contributed by atoms with Crippen LogP contribution in [0, 0.1) is 6.92 Å². The molecule has 4 rings (SSSR count). The van der Waals surface area contributed by atoms with Gasteiger partial charge in [0.05, 0.1) is 5.69 Å². The normalized spacial score (nSPS) is 16.7. The number of benzene rings is 1. The molecule has 26 heavy (non-hydrogen) atoms. The summed E-state index contributed by atoms with van der Waals surface area (Å²) in [4.78, 5) is 4.58. The zero-order chi connectivity index (χ0) is 17.9. The van der Waals surface area contributed by atoms with Crippen LogP contribution >= 0.6 is 12.2 Å². The first-order valence-electron chi connectivity index (χ1n) is 8.73. The van der Waals surface area contributed by atoms with Crippen molar-refractivity contribution in [3.63, 3.8) is 0 Å². The third-order valence-corrected chi connectivity index (χ3v) is 5.01. The summed E-state index contributed by atoms with van der Waals surface area (Å²) in [7, 11) is 0. The molecule has 1 aromatic heterocycles. The molecule has 0 saturated carbocycles. The number of ether oxygens (including phenoxy) is 2. The highest BCUT2D eigenvalue weighted by Crippen LogP contribution is 2.32. The lowest BCUT2D eigenvalue weighted by Gasteiger charge is -2.35. The second kappa shape index (κ2) is 7.51. The monoisotopic (exact) mass is 374 g/mol. The lowest BCUT2D eigenvalue weighted by molar-refractivity contribution is 0.171. The summed E-state index contributed by atoms with van der Waals surface area (Å²) < 4.78 is 15.9. The van der Waals surface area contributed by atoms with Gasteiger partial charge in [-0.15, -0.1) is 0 Å². The number of aryl methyl sites for hydroxylation is 1. The molecule has 7 nitrogen and oxygen atoms in total. The average molecular weight is 374 g/mol. The van der Waals surface area contributed by atoms with Crippen LogP contribution in [0.5, 0.6) is 11.5 Å². The highest BCUT2D eigenvalue weighted by Gasteiger charge is 2.20. The second-order valence-electron chi connectivity index (χ2n) is 6.54. The smallest absolute Gasteiger partial charge is 0.231 e. The van der Waals surface area contributed by atoms with Gasteiger partial charge < -0.3 is 24.2 Å². The number of rotatable bonds is 4. The van der Waals surface area contributed by atoms with E-state index in [1.165, 1.54) is 0 Å². The first-order chi connectivity index (χ1) is 12.7. The Morgan fingerprint density at radius 1 is 1.15 bits per heavy atom. The number of nitrogens with one attached hydrogen (secondary N) is 1. The van der Waals surface area contributed by atoms with Gasteiger partial charge in [-0.05, 0) is 36.8 Å². The van der Waals surface area contributed by atoms with Crippen molar-refractivity contribution < 1.29 is 14.0 Å². The molecule has 0 radical (unpaired) electrons. The molecule has 0 aliphatic carbocycles. The van der Waals surface area contributed by atoms with Crippen molar-refractivity contribution in [2.24, 2.45) is 0 Å². The Labute approximate surface area is 157 Å². The van der Waals surface area contributed by atoms with Crippen LogP contribution in [0.15, 0.2) is 28.8 Å². The Balaban J connectivity index is 1.23.